The zero-order chi connectivity index (χ0) is 18.0. The van der Waals surface area contributed by atoms with E-state index in [1.54, 1.807) is 29.2 Å². The summed E-state index contributed by atoms with van der Waals surface area (Å²) < 4.78 is 43.4. The normalized spacial score (nSPS) is 17.2. The van der Waals surface area contributed by atoms with Crippen LogP contribution < -0.4 is 5.32 Å². The Morgan fingerprint density at radius 3 is 2.44 bits per heavy atom. The Labute approximate surface area is 143 Å². The van der Waals surface area contributed by atoms with Crippen LogP contribution in [0.2, 0.25) is 0 Å². The fourth-order valence-corrected chi connectivity index (χ4v) is 2.83. The first kappa shape index (κ1) is 17.3. The van der Waals surface area contributed by atoms with Gasteiger partial charge in [-0.25, -0.2) is 0 Å². The summed E-state index contributed by atoms with van der Waals surface area (Å²) in [6, 6.07) is 11.9. The molecule has 2 aromatic carbocycles. The van der Waals surface area contributed by atoms with Crippen molar-refractivity contribution in [2.75, 3.05) is 25.6 Å². The standard InChI is InChI=1S/C18H17F3N2O2/c1-25-11-10-23-16(12-6-8-13(9-7-12)18(19,20)21)22-15-5-3-2-4-14(15)17(23)24/h2-9,16,22H,10-11H2,1H3/t16-/m1/s1. The van der Waals surface area contributed by atoms with Crippen LogP contribution in [0.15, 0.2) is 48.5 Å². The molecular weight excluding hydrogens is 333 g/mol. The van der Waals surface area contributed by atoms with E-state index in [2.05, 4.69) is 5.32 Å². The fraction of sp³-hybridized carbons (Fsp3) is 0.278. The van der Waals surface area contributed by atoms with E-state index in [9.17, 15) is 18.0 Å². The first-order chi connectivity index (χ1) is 11.9. The number of nitrogens with one attached hydrogen (secondary N) is 1. The van der Waals surface area contributed by atoms with Gasteiger partial charge >= 0.3 is 6.18 Å². The summed E-state index contributed by atoms with van der Waals surface area (Å²) in [6.45, 7) is 0.648. The van der Waals surface area contributed by atoms with E-state index >= 15 is 0 Å². The molecule has 0 saturated heterocycles. The second kappa shape index (κ2) is 6.76. The van der Waals surface area contributed by atoms with E-state index in [1.165, 1.54) is 19.2 Å². The van der Waals surface area contributed by atoms with E-state index in [0.717, 1.165) is 12.1 Å². The summed E-state index contributed by atoms with van der Waals surface area (Å²) in [4.78, 5) is 14.3. The molecule has 2 aromatic rings. The summed E-state index contributed by atoms with van der Waals surface area (Å²) in [5.74, 6) is -0.184. The molecule has 0 aliphatic carbocycles. The van der Waals surface area contributed by atoms with Crippen molar-refractivity contribution in [3.8, 4) is 0 Å². The molecule has 132 valence electrons. The molecule has 1 aliphatic heterocycles. The second-order valence-corrected chi connectivity index (χ2v) is 5.70. The monoisotopic (exact) mass is 350 g/mol. The molecule has 0 unspecified atom stereocenters. The number of alkyl halides is 3. The first-order valence-corrected chi connectivity index (χ1v) is 7.74. The molecule has 1 atom stereocenters. The van der Waals surface area contributed by atoms with E-state index in [-0.39, 0.29) is 5.91 Å². The van der Waals surface area contributed by atoms with Crippen LogP contribution in [-0.2, 0) is 10.9 Å². The molecule has 3 rings (SSSR count). The highest BCUT2D eigenvalue weighted by atomic mass is 19.4. The van der Waals surface area contributed by atoms with Gasteiger partial charge < -0.3 is 15.0 Å². The topological polar surface area (TPSA) is 41.6 Å². The minimum absolute atomic E-state index is 0.184. The van der Waals surface area contributed by atoms with E-state index in [0.29, 0.717) is 30.0 Å². The molecule has 1 N–H and O–H groups in total. The molecule has 1 aliphatic rings. The van der Waals surface area contributed by atoms with Gasteiger partial charge in [0.05, 0.1) is 17.7 Å². The number of rotatable bonds is 4. The molecule has 0 spiro atoms. The number of ether oxygens (including phenoxy) is 1. The quantitative estimate of drug-likeness (QED) is 0.909. The summed E-state index contributed by atoms with van der Waals surface area (Å²) in [6.07, 6.45) is -4.95. The summed E-state index contributed by atoms with van der Waals surface area (Å²) in [5.41, 5.74) is 1.04. The van der Waals surface area contributed by atoms with Crippen molar-refractivity contribution < 1.29 is 22.7 Å². The number of amides is 1. The molecule has 0 saturated carbocycles. The third kappa shape index (κ3) is 3.46. The number of methoxy groups -OCH3 is 1. The molecule has 4 nitrogen and oxygen atoms in total. The number of hydrogen-bond acceptors (Lipinski definition) is 3. The van der Waals surface area contributed by atoms with Gasteiger partial charge in [0.25, 0.3) is 5.91 Å². The number of benzene rings is 2. The van der Waals surface area contributed by atoms with Gasteiger partial charge in [0.1, 0.15) is 6.17 Å². The van der Waals surface area contributed by atoms with Gasteiger partial charge in [-0.2, -0.15) is 13.2 Å². The first-order valence-electron chi connectivity index (χ1n) is 7.74. The van der Waals surface area contributed by atoms with E-state index in [1.807, 2.05) is 0 Å². The number of nitrogens with zero attached hydrogens (tertiary/aromatic N) is 1. The van der Waals surface area contributed by atoms with Gasteiger partial charge in [0, 0.05) is 19.3 Å². The number of anilines is 1. The molecule has 0 fully saturated rings. The summed E-state index contributed by atoms with van der Waals surface area (Å²) in [7, 11) is 1.53. The predicted molar refractivity (Wildman–Crippen MR) is 87.2 cm³/mol. The lowest BCUT2D eigenvalue weighted by molar-refractivity contribution is -0.137. The van der Waals surface area contributed by atoms with E-state index in [4.69, 9.17) is 4.74 Å². The molecule has 0 radical (unpaired) electrons. The Morgan fingerprint density at radius 2 is 1.80 bits per heavy atom. The van der Waals surface area contributed by atoms with Crippen LogP contribution in [0, 0.1) is 0 Å². The molecule has 1 heterocycles. The minimum atomic E-state index is -4.39. The van der Waals surface area contributed by atoms with Gasteiger partial charge in [0.2, 0.25) is 0 Å². The highest BCUT2D eigenvalue weighted by Crippen LogP contribution is 2.35. The smallest absolute Gasteiger partial charge is 0.383 e. The van der Waals surface area contributed by atoms with Crippen LogP contribution >= 0.6 is 0 Å². The van der Waals surface area contributed by atoms with Crippen LogP contribution in [0.4, 0.5) is 18.9 Å². The van der Waals surface area contributed by atoms with Gasteiger partial charge in [-0.15, -0.1) is 0 Å². The van der Waals surface area contributed by atoms with Gasteiger partial charge in [0.15, 0.2) is 0 Å². The SMILES string of the molecule is COCCN1C(=O)c2ccccc2N[C@H]1c1ccc(C(F)(F)F)cc1. The third-order valence-corrected chi connectivity index (χ3v) is 4.11. The fourth-order valence-electron chi connectivity index (χ4n) is 2.83. The van der Waals surface area contributed by atoms with Crippen molar-refractivity contribution in [1.29, 1.82) is 0 Å². The largest absolute Gasteiger partial charge is 0.416 e. The van der Waals surface area contributed by atoms with Crippen LogP contribution in [0.5, 0.6) is 0 Å². The highest BCUT2D eigenvalue weighted by Gasteiger charge is 2.34. The second-order valence-electron chi connectivity index (χ2n) is 5.70. The Bertz CT molecular complexity index is 760. The number of para-hydroxylation sites is 1. The third-order valence-electron chi connectivity index (χ3n) is 4.11. The van der Waals surface area contributed by atoms with Crippen molar-refractivity contribution in [3.05, 3.63) is 65.2 Å². The molecule has 25 heavy (non-hydrogen) atoms. The maximum Gasteiger partial charge on any atom is 0.416 e. The van der Waals surface area contributed by atoms with Crippen molar-refractivity contribution >= 4 is 11.6 Å². The van der Waals surface area contributed by atoms with Crippen LogP contribution in [0.1, 0.15) is 27.7 Å². The van der Waals surface area contributed by atoms with Crippen molar-refractivity contribution in [3.63, 3.8) is 0 Å². The van der Waals surface area contributed by atoms with Crippen LogP contribution in [0.3, 0.4) is 0 Å². The van der Waals surface area contributed by atoms with Crippen molar-refractivity contribution in [1.82, 2.24) is 4.90 Å². The lowest BCUT2D eigenvalue weighted by atomic mass is 10.0. The summed E-state index contributed by atoms with van der Waals surface area (Å²) in [5, 5.41) is 3.23. The number of carbonyl (C=O) groups excluding carboxylic acids is 1. The Morgan fingerprint density at radius 1 is 1.12 bits per heavy atom. The van der Waals surface area contributed by atoms with Crippen molar-refractivity contribution in [2.24, 2.45) is 0 Å². The predicted octanol–water partition coefficient (Wildman–Crippen LogP) is 3.92. The molecule has 1 amide bonds. The Balaban J connectivity index is 1.96. The maximum absolute atomic E-state index is 12.8. The Hall–Kier alpha value is -2.54. The van der Waals surface area contributed by atoms with Crippen LogP contribution in [-0.4, -0.2) is 31.1 Å². The molecule has 0 aromatic heterocycles. The molecular formula is C18H17F3N2O2. The molecule has 0 bridgehead atoms. The average molecular weight is 350 g/mol. The zero-order valence-electron chi connectivity index (χ0n) is 13.5. The lowest BCUT2D eigenvalue weighted by Crippen LogP contribution is -2.44. The zero-order valence-corrected chi connectivity index (χ0v) is 13.5. The minimum Gasteiger partial charge on any atom is -0.383 e. The lowest BCUT2D eigenvalue weighted by Gasteiger charge is -2.38. The van der Waals surface area contributed by atoms with Gasteiger partial charge in [-0.3, -0.25) is 4.79 Å². The number of fused-ring (bicyclic) bond motifs is 1. The summed E-state index contributed by atoms with van der Waals surface area (Å²) >= 11 is 0. The highest BCUT2D eigenvalue weighted by molar-refractivity contribution is 6.01. The maximum atomic E-state index is 12.8. The van der Waals surface area contributed by atoms with E-state index < -0.39 is 17.9 Å². The van der Waals surface area contributed by atoms with Crippen LogP contribution in [0.25, 0.3) is 0 Å². The Kier molecular flexibility index (Phi) is 4.67. The molecule has 7 heteroatoms. The van der Waals surface area contributed by atoms with Crippen molar-refractivity contribution in [2.45, 2.75) is 12.3 Å². The van der Waals surface area contributed by atoms with Gasteiger partial charge in [-0.05, 0) is 29.8 Å². The number of carbonyl (C=O) groups is 1. The number of hydrogen-bond donors (Lipinski definition) is 1. The van der Waals surface area contributed by atoms with Gasteiger partial charge in [-0.1, -0.05) is 24.3 Å². The average Bonchev–Trinajstić information content (AvgIpc) is 2.60. The number of halogens is 3.